The highest BCUT2D eigenvalue weighted by atomic mass is 32.2. The summed E-state index contributed by atoms with van der Waals surface area (Å²) in [6.45, 7) is 11.7. The first-order chi connectivity index (χ1) is 16.1. The van der Waals surface area contributed by atoms with Gasteiger partial charge in [0.15, 0.2) is 0 Å². The maximum atomic E-state index is 12.5. The SMILES string of the molecule is COc1c(-c2ccc3cc(NS(C)(=O)=O)ccc3c2)cc(NC(=O)OC(C)(C)C)cc1C(C)(C)C. The highest BCUT2D eigenvalue weighted by Gasteiger charge is 2.24. The van der Waals surface area contributed by atoms with E-state index in [1.54, 1.807) is 19.2 Å². The molecule has 0 spiro atoms. The minimum absolute atomic E-state index is 0.255. The highest BCUT2D eigenvalue weighted by molar-refractivity contribution is 7.92. The van der Waals surface area contributed by atoms with Crippen LogP contribution in [0.25, 0.3) is 21.9 Å². The van der Waals surface area contributed by atoms with E-state index < -0.39 is 21.7 Å². The summed E-state index contributed by atoms with van der Waals surface area (Å²) < 4.78 is 37.0. The number of hydrogen-bond donors (Lipinski definition) is 2. The Morgan fingerprint density at radius 1 is 0.857 bits per heavy atom. The van der Waals surface area contributed by atoms with E-state index in [2.05, 4.69) is 30.8 Å². The first kappa shape index (κ1) is 26.3. The molecule has 0 radical (unpaired) electrons. The minimum Gasteiger partial charge on any atom is -0.496 e. The van der Waals surface area contributed by atoms with Crippen LogP contribution < -0.4 is 14.8 Å². The molecule has 0 saturated carbocycles. The number of benzene rings is 3. The van der Waals surface area contributed by atoms with Gasteiger partial charge in [-0.2, -0.15) is 0 Å². The fourth-order valence-electron chi connectivity index (χ4n) is 3.80. The predicted molar refractivity (Wildman–Crippen MR) is 143 cm³/mol. The van der Waals surface area contributed by atoms with Crippen LogP contribution in [0, 0.1) is 0 Å². The second kappa shape index (κ2) is 9.41. The van der Waals surface area contributed by atoms with Gasteiger partial charge in [0.2, 0.25) is 10.0 Å². The number of amides is 1. The summed E-state index contributed by atoms with van der Waals surface area (Å²) >= 11 is 0. The van der Waals surface area contributed by atoms with E-state index in [0.29, 0.717) is 11.4 Å². The lowest BCUT2D eigenvalue weighted by Gasteiger charge is -2.26. The topological polar surface area (TPSA) is 93.7 Å². The van der Waals surface area contributed by atoms with Gasteiger partial charge in [0, 0.05) is 22.5 Å². The minimum atomic E-state index is -3.36. The maximum absolute atomic E-state index is 12.5. The van der Waals surface area contributed by atoms with Crippen LogP contribution >= 0.6 is 0 Å². The Hall–Kier alpha value is -3.26. The molecule has 7 nitrogen and oxygen atoms in total. The van der Waals surface area contributed by atoms with Crippen LogP contribution in [0.5, 0.6) is 5.75 Å². The fraction of sp³-hybridized carbons (Fsp3) is 0.370. The number of anilines is 2. The average Bonchev–Trinajstić information content (AvgIpc) is 2.69. The van der Waals surface area contributed by atoms with Crippen molar-refractivity contribution in [2.24, 2.45) is 0 Å². The van der Waals surface area contributed by atoms with Crippen LogP contribution in [0.3, 0.4) is 0 Å². The van der Waals surface area contributed by atoms with Crippen molar-refractivity contribution >= 4 is 38.3 Å². The predicted octanol–water partition coefficient (Wildman–Crippen LogP) is 6.53. The zero-order valence-corrected chi connectivity index (χ0v) is 22.4. The first-order valence-electron chi connectivity index (χ1n) is 11.3. The van der Waals surface area contributed by atoms with Gasteiger partial charge in [-0.25, -0.2) is 13.2 Å². The molecule has 0 atom stereocenters. The van der Waals surface area contributed by atoms with E-state index in [1.165, 1.54) is 0 Å². The number of carbonyl (C=O) groups is 1. The number of sulfonamides is 1. The molecule has 3 rings (SSSR count). The van der Waals surface area contributed by atoms with Gasteiger partial charge in [0.25, 0.3) is 0 Å². The molecule has 0 aliphatic rings. The molecule has 3 aromatic carbocycles. The summed E-state index contributed by atoms with van der Waals surface area (Å²) in [6.07, 6.45) is 0.593. The molecule has 1 amide bonds. The molecule has 0 aliphatic heterocycles. The van der Waals surface area contributed by atoms with E-state index in [1.807, 2.05) is 57.2 Å². The number of carbonyl (C=O) groups excluding carboxylic acids is 1. The highest BCUT2D eigenvalue weighted by Crippen LogP contribution is 2.42. The summed E-state index contributed by atoms with van der Waals surface area (Å²) in [7, 11) is -1.72. The van der Waals surface area contributed by atoms with E-state index in [0.717, 1.165) is 39.5 Å². The maximum Gasteiger partial charge on any atom is 0.412 e. The van der Waals surface area contributed by atoms with Gasteiger partial charge < -0.3 is 9.47 Å². The largest absolute Gasteiger partial charge is 0.496 e. The summed E-state index contributed by atoms with van der Waals surface area (Å²) in [6, 6.07) is 15.1. The monoisotopic (exact) mass is 498 g/mol. The van der Waals surface area contributed by atoms with E-state index in [9.17, 15) is 13.2 Å². The Balaban J connectivity index is 2.12. The molecule has 8 heteroatoms. The normalized spacial score (nSPS) is 12.3. The zero-order valence-electron chi connectivity index (χ0n) is 21.6. The van der Waals surface area contributed by atoms with Crippen LogP contribution in [-0.4, -0.2) is 33.5 Å². The van der Waals surface area contributed by atoms with Crippen molar-refractivity contribution in [3.63, 3.8) is 0 Å². The van der Waals surface area contributed by atoms with Crippen molar-refractivity contribution in [1.29, 1.82) is 0 Å². The van der Waals surface area contributed by atoms with Crippen molar-refractivity contribution in [3.05, 3.63) is 54.1 Å². The van der Waals surface area contributed by atoms with Crippen molar-refractivity contribution in [2.75, 3.05) is 23.4 Å². The first-order valence-corrected chi connectivity index (χ1v) is 13.2. The number of rotatable bonds is 5. The Kier molecular flexibility index (Phi) is 7.09. The lowest BCUT2D eigenvalue weighted by molar-refractivity contribution is 0.0636. The molecular formula is C27H34N2O5S. The second-order valence-corrected chi connectivity index (χ2v) is 12.4. The molecule has 0 bridgehead atoms. The van der Waals surface area contributed by atoms with Crippen LogP contribution in [0.4, 0.5) is 16.2 Å². The van der Waals surface area contributed by atoms with Gasteiger partial charge in [0.05, 0.1) is 13.4 Å². The molecule has 0 fully saturated rings. The third-order valence-corrected chi connectivity index (χ3v) is 5.81. The summed E-state index contributed by atoms with van der Waals surface area (Å²) in [4.78, 5) is 12.5. The smallest absolute Gasteiger partial charge is 0.412 e. The van der Waals surface area contributed by atoms with Gasteiger partial charge in [-0.3, -0.25) is 10.0 Å². The number of fused-ring (bicyclic) bond motifs is 1. The van der Waals surface area contributed by atoms with Gasteiger partial charge in [-0.05, 0) is 72.9 Å². The average molecular weight is 499 g/mol. The molecule has 0 aliphatic carbocycles. The van der Waals surface area contributed by atoms with Gasteiger partial charge in [-0.1, -0.05) is 39.0 Å². The summed E-state index contributed by atoms with van der Waals surface area (Å²) in [5.74, 6) is 0.724. The quantitative estimate of drug-likeness (QED) is 0.417. The number of nitrogens with one attached hydrogen (secondary N) is 2. The number of methoxy groups -OCH3 is 1. The fourth-order valence-corrected chi connectivity index (χ4v) is 4.36. The molecule has 0 aromatic heterocycles. The van der Waals surface area contributed by atoms with E-state index >= 15 is 0 Å². The second-order valence-electron chi connectivity index (χ2n) is 10.6. The molecular weight excluding hydrogens is 464 g/mol. The summed E-state index contributed by atoms with van der Waals surface area (Å²) in [5, 5.41) is 4.68. The number of ether oxygens (including phenoxy) is 2. The van der Waals surface area contributed by atoms with Gasteiger partial charge >= 0.3 is 6.09 Å². The lowest BCUT2D eigenvalue weighted by atomic mass is 9.83. The lowest BCUT2D eigenvalue weighted by Crippen LogP contribution is -2.27. The Morgan fingerprint density at radius 2 is 1.49 bits per heavy atom. The third kappa shape index (κ3) is 6.88. The standard InChI is InChI=1S/C27H34N2O5S/c1-26(2,3)23-16-21(28-25(30)34-27(4,5)6)15-22(24(23)33-7)19-10-9-18-14-20(29-35(8,31)32)12-11-17(18)13-19/h9-16,29H,1-8H3,(H,28,30). The Labute approximate surface area is 207 Å². The Morgan fingerprint density at radius 3 is 2.06 bits per heavy atom. The third-order valence-electron chi connectivity index (χ3n) is 5.20. The van der Waals surface area contributed by atoms with Gasteiger partial charge in [-0.15, -0.1) is 0 Å². The van der Waals surface area contributed by atoms with Crippen molar-refractivity contribution < 1.29 is 22.7 Å². The van der Waals surface area contributed by atoms with Crippen molar-refractivity contribution in [3.8, 4) is 16.9 Å². The van der Waals surface area contributed by atoms with Crippen LogP contribution in [0.15, 0.2) is 48.5 Å². The van der Waals surface area contributed by atoms with Crippen LogP contribution in [-0.2, 0) is 20.2 Å². The molecule has 3 aromatic rings. The van der Waals surface area contributed by atoms with Crippen molar-refractivity contribution in [2.45, 2.75) is 52.6 Å². The molecule has 188 valence electrons. The summed E-state index contributed by atoms with van der Waals surface area (Å²) in [5.41, 5.74) is 2.90. The van der Waals surface area contributed by atoms with E-state index in [-0.39, 0.29) is 5.41 Å². The molecule has 0 saturated heterocycles. The van der Waals surface area contributed by atoms with Crippen LogP contribution in [0.1, 0.15) is 47.1 Å². The molecule has 0 heterocycles. The molecule has 0 unspecified atom stereocenters. The zero-order chi connectivity index (χ0) is 26.2. The van der Waals surface area contributed by atoms with E-state index in [4.69, 9.17) is 9.47 Å². The number of hydrogen-bond acceptors (Lipinski definition) is 5. The molecule has 2 N–H and O–H groups in total. The van der Waals surface area contributed by atoms with Crippen molar-refractivity contribution in [1.82, 2.24) is 0 Å². The van der Waals surface area contributed by atoms with Gasteiger partial charge in [0.1, 0.15) is 11.4 Å². The Bertz CT molecular complexity index is 1370. The molecule has 35 heavy (non-hydrogen) atoms. The van der Waals surface area contributed by atoms with Crippen LogP contribution in [0.2, 0.25) is 0 Å².